The average Bonchev–Trinajstić information content (AvgIpc) is 3.06. The normalized spacial score (nSPS) is 21.8. The second-order valence-electron chi connectivity index (χ2n) is 6.46. The fraction of sp³-hybridized carbons (Fsp3) is 0.500. The first-order valence-corrected chi connectivity index (χ1v) is 8.58. The van der Waals surface area contributed by atoms with E-state index in [2.05, 4.69) is 5.32 Å². The highest BCUT2D eigenvalue weighted by Crippen LogP contribution is 2.22. The Kier molecular flexibility index (Phi) is 5.33. The molecule has 3 rings (SSSR count). The second kappa shape index (κ2) is 7.65. The summed E-state index contributed by atoms with van der Waals surface area (Å²) in [4.78, 5) is 37.4. The lowest BCUT2D eigenvalue weighted by Gasteiger charge is -2.28. The third kappa shape index (κ3) is 3.99. The topological polar surface area (TPSA) is 95.9 Å². The maximum atomic E-state index is 12.4. The molecule has 1 aromatic rings. The van der Waals surface area contributed by atoms with Gasteiger partial charge in [-0.15, -0.1) is 0 Å². The van der Waals surface area contributed by atoms with Crippen molar-refractivity contribution in [2.24, 2.45) is 5.92 Å². The number of aliphatic carboxylic acids is 1. The van der Waals surface area contributed by atoms with Gasteiger partial charge in [-0.2, -0.15) is 0 Å². The van der Waals surface area contributed by atoms with Gasteiger partial charge in [-0.05, 0) is 43.5 Å². The van der Waals surface area contributed by atoms with Gasteiger partial charge in [0, 0.05) is 36.7 Å². The van der Waals surface area contributed by atoms with Gasteiger partial charge in [0.05, 0.1) is 6.61 Å². The summed E-state index contributed by atoms with van der Waals surface area (Å²) in [7, 11) is 0. The number of anilines is 1. The predicted molar refractivity (Wildman–Crippen MR) is 90.5 cm³/mol. The summed E-state index contributed by atoms with van der Waals surface area (Å²) in [5, 5.41) is 12.0. The van der Waals surface area contributed by atoms with Crippen LogP contribution in [-0.2, 0) is 14.3 Å². The average molecular weight is 346 g/mol. The van der Waals surface area contributed by atoms with E-state index >= 15 is 0 Å². The number of carbonyl (C=O) groups excluding carboxylic acids is 2. The van der Waals surface area contributed by atoms with Crippen LogP contribution in [0.2, 0.25) is 0 Å². The van der Waals surface area contributed by atoms with Crippen LogP contribution in [0, 0.1) is 5.92 Å². The van der Waals surface area contributed by atoms with E-state index in [4.69, 9.17) is 4.74 Å². The Balaban J connectivity index is 1.67. The molecule has 2 unspecified atom stereocenters. The number of hydrogen-bond acceptors (Lipinski definition) is 4. The van der Waals surface area contributed by atoms with Gasteiger partial charge in [-0.1, -0.05) is 0 Å². The minimum Gasteiger partial charge on any atom is -0.480 e. The van der Waals surface area contributed by atoms with Gasteiger partial charge in [0.15, 0.2) is 0 Å². The van der Waals surface area contributed by atoms with E-state index in [-0.39, 0.29) is 11.8 Å². The van der Waals surface area contributed by atoms with Gasteiger partial charge in [-0.25, -0.2) is 4.79 Å². The maximum absolute atomic E-state index is 12.4. The number of hydrogen-bond donors (Lipinski definition) is 2. The summed E-state index contributed by atoms with van der Waals surface area (Å²) in [6, 6.07) is 5.71. The van der Waals surface area contributed by atoms with Crippen molar-refractivity contribution in [1.82, 2.24) is 5.32 Å². The van der Waals surface area contributed by atoms with Crippen LogP contribution >= 0.6 is 0 Å². The molecule has 0 spiro atoms. The van der Waals surface area contributed by atoms with Crippen LogP contribution in [0.5, 0.6) is 0 Å². The number of ether oxygens (including phenoxy) is 1. The first-order chi connectivity index (χ1) is 12.1. The third-order valence-corrected chi connectivity index (χ3v) is 4.73. The molecule has 7 heteroatoms. The Morgan fingerprint density at radius 3 is 2.56 bits per heavy atom. The van der Waals surface area contributed by atoms with Gasteiger partial charge < -0.3 is 20.1 Å². The van der Waals surface area contributed by atoms with Crippen molar-refractivity contribution in [3.8, 4) is 0 Å². The molecule has 2 heterocycles. The molecule has 2 saturated heterocycles. The van der Waals surface area contributed by atoms with E-state index in [0.29, 0.717) is 38.2 Å². The molecule has 134 valence electrons. The quantitative estimate of drug-likeness (QED) is 0.841. The number of carbonyl (C=O) groups is 3. The maximum Gasteiger partial charge on any atom is 0.326 e. The number of nitrogens with zero attached hydrogens (tertiary/aromatic N) is 1. The summed E-state index contributed by atoms with van der Waals surface area (Å²) in [6.07, 6.45) is 2.90. The molecule has 0 aromatic heterocycles. The molecule has 2 aliphatic heterocycles. The zero-order valence-electron chi connectivity index (χ0n) is 13.9. The largest absolute Gasteiger partial charge is 0.480 e. The minimum atomic E-state index is -1.05. The molecule has 7 nitrogen and oxygen atoms in total. The molecule has 1 aromatic carbocycles. The van der Waals surface area contributed by atoms with Crippen LogP contribution in [0.1, 0.15) is 36.0 Å². The van der Waals surface area contributed by atoms with E-state index in [1.54, 1.807) is 29.2 Å². The Morgan fingerprint density at radius 2 is 2.00 bits per heavy atom. The lowest BCUT2D eigenvalue weighted by molar-refractivity contribution is -0.142. The second-order valence-corrected chi connectivity index (χ2v) is 6.46. The van der Waals surface area contributed by atoms with E-state index in [1.807, 2.05) is 0 Å². The van der Waals surface area contributed by atoms with Gasteiger partial charge in [0.2, 0.25) is 5.91 Å². The van der Waals surface area contributed by atoms with Crippen molar-refractivity contribution in [2.75, 3.05) is 24.7 Å². The number of benzene rings is 1. The van der Waals surface area contributed by atoms with Crippen molar-refractivity contribution in [3.05, 3.63) is 29.8 Å². The summed E-state index contributed by atoms with van der Waals surface area (Å²) in [5.41, 5.74) is 1.13. The summed E-state index contributed by atoms with van der Waals surface area (Å²) in [6.45, 7) is 1.66. The smallest absolute Gasteiger partial charge is 0.326 e. The molecule has 2 N–H and O–H groups in total. The zero-order valence-corrected chi connectivity index (χ0v) is 13.9. The fourth-order valence-corrected chi connectivity index (χ4v) is 3.35. The van der Waals surface area contributed by atoms with E-state index < -0.39 is 17.9 Å². The Bertz CT molecular complexity index is 652. The molecule has 2 atom stereocenters. The molecule has 2 amide bonds. The highest BCUT2D eigenvalue weighted by atomic mass is 16.5. The summed E-state index contributed by atoms with van der Waals surface area (Å²) in [5.74, 6) is -1.63. The van der Waals surface area contributed by atoms with Crippen molar-refractivity contribution >= 4 is 23.5 Å². The monoisotopic (exact) mass is 346 g/mol. The van der Waals surface area contributed by atoms with Gasteiger partial charge in [0.25, 0.3) is 5.91 Å². The van der Waals surface area contributed by atoms with Crippen LogP contribution in [0.3, 0.4) is 0 Å². The number of nitrogens with one attached hydrogen (secondary N) is 1. The Hall–Kier alpha value is -2.41. The number of rotatable bonds is 5. The zero-order chi connectivity index (χ0) is 17.8. The molecule has 25 heavy (non-hydrogen) atoms. The summed E-state index contributed by atoms with van der Waals surface area (Å²) >= 11 is 0. The van der Waals surface area contributed by atoms with Gasteiger partial charge >= 0.3 is 5.97 Å². The molecular formula is C18H22N2O5. The third-order valence-electron chi connectivity index (χ3n) is 4.73. The van der Waals surface area contributed by atoms with Crippen LogP contribution in [0.25, 0.3) is 0 Å². The molecule has 2 fully saturated rings. The molecule has 0 bridgehead atoms. The standard InChI is InChI=1S/C18H22N2O5/c21-15-4-1-9-20(15)14-7-5-12(6-8-14)17(22)19-16(18(23)24)13-3-2-10-25-11-13/h5-8,13,16H,1-4,9-11H2,(H,19,22)(H,23,24). The highest BCUT2D eigenvalue weighted by Gasteiger charge is 2.31. The predicted octanol–water partition coefficient (Wildman–Crippen LogP) is 1.42. The number of carboxylic acid groups (broad SMARTS) is 1. The van der Waals surface area contributed by atoms with Crippen LogP contribution < -0.4 is 10.2 Å². The van der Waals surface area contributed by atoms with Crippen LogP contribution in [0.4, 0.5) is 5.69 Å². The Labute approximate surface area is 146 Å². The van der Waals surface area contributed by atoms with E-state index in [0.717, 1.165) is 18.5 Å². The minimum absolute atomic E-state index is 0.0837. The fourth-order valence-electron chi connectivity index (χ4n) is 3.35. The number of carboxylic acids is 1. The first kappa shape index (κ1) is 17.4. The van der Waals surface area contributed by atoms with E-state index in [1.165, 1.54) is 0 Å². The van der Waals surface area contributed by atoms with Crippen LogP contribution in [-0.4, -0.2) is 48.7 Å². The lowest BCUT2D eigenvalue weighted by atomic mass is 9.93. The first-order valence-electron chi connectivity index (χ1n) is 8.58. The molecule has 2 aliphatic rings. The molecular weight excluding hydrogens is 324 g/mol. The number of amides is 2. The lowest BCUT2D eigenvalue weighted by Crippen LogP contribution is -2.48. The van der Waals surface area contributed by atoms with Crippen molar-refractivity contribution in [2.45, 2.75) is 31.7 Å². The molecule has 0 saturated carbocycles. The van der Waals surface area contributed by atoms with Crippen LogP contribution in [0.15, 0.2) is 24.3 Å². The SMILES string of the molecule is O=C(NC(C(=O)O)C1CCCOC1)c1ccc(N2CCCC2=O)cc1. The summed E-state index contributed by atoms with van der Waals surface area (Å²) < 4.78 is 5.33. The highest BCUT2D eigenvalue weighted by molar-refractivity contribution is 5.98. The van der Waals surface area contributed by atoms with E-state index in [9.17, 15) is 19.5 Å². The van der Waals surface area contributed by atoms with Crippen molar-refractivity contribution in [1.29, 1.82) is 0 Å². The molecule has 0 radical (unpaired) electrons. The van der Waals surface area contributed by atoms with Gasteiger partial charge in [0.1, 0.15) is 6.04 Å². The van der Waals surface area contributed by atoms with Crippen molar-refractivity contribution in [3.63, 3.8) is 0 Å². The molecule has 0 aliphatic carbocycles. The Morgan fingerprint density at radius 1 is 1.24 bits per heavy atom. The van der Waals surface area contributed by atoms with Crippen molar-refractivity contribution < 1.29 is 24.2 Å². The van der Waals surface area contributed by atoms with Gasteiger partial charge in [-0.3, -0.25) is 9.59 Å².